The SMILES string of the molecule is CCCOc1ccc(Nc2cc(Nc3cccc(-c4ncn(C)n4)c3OC)c(C(=O)CC)cn2)nc1. The molecular formula is C26H29N7O3. The van der Waals surface area contributed by atoms with E-state index in [1.54, 1.807) is 43.6 Å². The van der Waals surface area contributed by atoms with Crippen molar-refractivity contribution in [3.63, 3.8) is 0 Å². The third-order valence-electron chi connectivity index (χ3n) is 5.32. The fourth-order valence-electron chi connectivity index (χ4n) is 3.57. The number of rotatable bonds is 11. The molecule has 2 N–H and O–H groups in total. The Morgan fingerprint density at radius 1 is 1.00 bits per heavy atom. The van der Waals surface area contributed by atoms with Crippen LogP contribution in [0.4, 0.5) is 23.0 Å². The molecule has 0 aliphatic heterocycles. The van der Waals surface area contributed by atoms with E-state index in [2.05, 4.69) is 37.6 Å². The molecule has 4 rings (SSSR count). The number of pyridine rings is 2. The average Bonchev–Trinajstić information content (AvgIpc) is 3.34. The molecule has 10 nitrogen and oxygen atoms in total. The van der Waals surface area contributed by atoms with Crippen LogP contribution in [0.2, 0.25) is 0 Å². The van der Waals surface area contributed by atoms with Crippen molar-refractivity contribution in [2.75, 3.05) is 24.4 Å². The smallest absolute Gasteiger partial charge is 0.184 e. The zero-order chi connectivity index (χ0) is 25.5. The number of ether oxygens (including phenoxy) is 2. The van der Waals surface area contributed by atoms with Crippen LogP contribution in [0.5, 0.6) is 11.5 Å². The van der Waals surface area contributed by atoms with E-state index in [9.17, 15) is 4.79 Å². The van der Waals surface area contributed by atoms with Gasteiger partial charge in [-0.1, -0.05) is 19.9 Å². The van der Waals surface area contributed by atoms with Gasteiger partial charge in [0.1, 0.15) is 23.7 Å². The number of benzene rings is 1. The first-order valence-corrected chi connectivity index (χ1v) is 11.7. The van der Waals surface area contributed by atoms with Crippen molar-refractivity contribution in [1.29, 1.82) is 0 Å². The van der Waals surface area contributed by atoms with Crippen LogP contribution in [-0.2, 0) is 7.05 Å². The van der Waals surface area contributed by atoms with Gasteiger partial charge in [-0.25, -0.2) is 15.0 Å². The lowest BCUT2D eigenvalue weighted by atomic mass is 10.1. The summed E-state index contributed by atoms with van der Waals surface area (Å²) in [4.78, 5) is 25.8. The summed E-state index contributed by atoms with van der Waals surface area (Å²) in [5, 5.41) is 10.9. The lowest BCUT2D eigenvalue weighted by Gasteiger charge is -2.17. The molecule has 1 aromatic carbocycles. The number of carbonyl (C=O) groups excluding carboxylic acids is 1. The molecule has 36 heavy (non-hydrogen) atoms. The fourth-order valence-corrected chi connectivity index (χ4v) is 3.57. The minimum absolute atomic E-state index is 0.0337. The van der Waals surface area contributed by atoms with Crippen molar-refractivity contribution >= 4 is 28.8 Å². The number of nitrogens with zero attached hydrogens (tertiary/aromatic N) is 5. The van der Waals surface area contributed by atoms with Crippen LogP contribution >= 0.6 is 0 Å². The number of nitrogens with one attached hydrogen (secondary N) is 2. The maximum Gasteiger partial charge on any atom is 0.184 e. The summed E-state index contributed by atoms with van der Waals surface area (Å²) in [5.74, 6) is 2.91. The average molecular weight is 488 g/mol. The van der Waals surface area contributed by atoms with E-state index in [0.717, 1.165) is 12.0 Å². The number of ketones is 1. The standard InChI is InChI=1S/C26H29N7O3/c1-5-12-36-17-10-11-23(27-14-17)31-24-13-21(19(15-28-24)22(34)6-2)30-20-9-7-8-18(25(20)35-4)26-29-16-33(3)32-26/h7-11,13-16H,5-6,12H2,1-4H3,(H2,27,28,30,31). The van der Waals surface area contributed by atoms with Crippen LogP contribution < -0.4 is 20.1 Å². The van der Waals surface area contributed by atoms with Gasteiger partial charge in [0, 0.05) is 25.7 Å². The molecule has 0 aliphatic rings. The van der Waals surface area contributed by atoms with E-state index >= 15 is 0 Å². The van der Waals surface area contributed by atoms with Crippen LogP contribution in [0.25, 0.3) is 11.4 Å². The molecule has 0 saturated carbocycles. The minimum atomic E-state index is -0.0337. The number of Topliss-reactive ketones (excluding diaryl/α,β-unsaturated/α-hetero) is 1. The molecule has 186 valence electrons. The highest BCUT2D eigenvalue weighted by Gasteiger charge is 2.18. The molecule has 3 aromatic heterocycles. The Kier molecular flexibility index (Phi) is 7.74. The van der Waals surface area contributed by atoms with E-state index in [1.807, 2.05) is 37.3 Å². The van der Waals surface area contributed by atoms with E-state index in [-0.39, 0.29) is 5.78 Å². The highest BCUT2D eigenvalue weighted by molar-refractivity contribution is 6.02. The predicted octanol–water partition coefficient (Wildman–Crippen LogP) is 5.15. The second-order valence-corrected chi connectivity index (χ2v) is 8.00. The number of aryl methyl sites for hydroxylation is 1. The normalized spacial score (nSPS) is 10.7. The maximum atomic E-state index is 12.7. The Bertz CT molecular complexity index is 1340. The molecule has 0 unspecified atom stereocenters. The lowest BCUT2D eigenvalue weighted by Crippen LogP contribution is -2.07. The third kappa shape index (κ3) is 5.60. The second-order valence-electron chi connectivity index (χ2n) is 8.00. The van der Waals surface area contributed by atoms with Crippen molar-refractivity contribution in [3.8, 4) is 22.9 Å². The van der Waals surface area contributed by atoms with Crippen LogP contribution in [0.3, 0.4) is 0 Å². The van der Waals surface area contributed by atoms with Gasteiger partial charge in [0.15, 0.2) is 17.4 Å². The monoisotopic (exact) mass is 487 g/mol. The Morgan fingerprint density at radius 3 is 2.50 bits per heavy atom. The summed E-state index contributed by atoms with van der Waals surface area (Å²) >= 11 is 0. The van der Waals surface area contributed by atoms with Gasteiger partial charge in [0.05, 0.1) is 42.4 Å². The molecule has 10 heteroatoms. The van der Waals surface area contributed by atoms with Crippen LogP contribution in [0.1, 0.15) is 37.0 Å². The van der Waals surface area contributed by atoms with Crippen molar-refractivity contribution in [2.24, 2.45) is 7.05 Å². The predicted molar refractivity (Wildman–Crippen MR) is 138 cm³/mol. The van der Waals surface area contributed by atoms with Gasteiger partial charge < -0.3 is 20.1 Å². The zero-order valence-corrected chi connectivity index (χ0v) is 20.8. The Hall–Kier alpha value is -4.47. The van der Waals surface area contributed by atoms with Gasteiger partial charge in [0.25, 0.3) is 0 Å². The van der Waals surface area contributed by atoms with Gasteiger partial charge >= 0.3 is 0 Å². The van der Waals surface area contributed by atoms with Crippen molar-refractivity contribution in [2.45, 2.75) is 26.7 Å². The zero-order valence-electron chi connectivity index (χ0n) is 20.8. The first kappa shape index (κ1) is 24.6. The van der Waals surface area contributed by atoms with Gasteiger partial charge in [0.2, 0.25) is 0 Å². The highest BCUT2D eigenvalue weighted by Crippen LogP contribution is 2.37. The molecular weight excluding hydrogens is 458 g/mol. The number of anilines is 4. The quantitative estimate of drug-likeness (QED) is 0.277. The van der Waals surface area contributed by atoms with Crippen molar-refractivity contribution < 1.29 is 14.3 Å². The number of para-hydroxylation sites is 1. The molecule has 0 radical (unpaired) electrons. The summed E-state index contributed by atoms with van der Waals surface area (Å²) in [6.45, 7) is 4.51. The Morgan fingerprint density at radius 2 is 1.83 bits per heavy atom. The minimum Gasteiger partial charge on any atom is -0.494 e. The summed E-state index contributed by atoms with van der Waals surface area (Å²) in [5.41, 5.74) is 2.46. The number of hydrogen-bond donors (Lipinski definition) is 2. The Labute approximate surface area is 209 Å². The number of aromatic nitrogens is 5. The largest absolute Gasteiger partial charge is 0.494 e. The molecule has 0 bridgehead atoms. The molecule has 0 atom stereocenters. The molecule has 0 amide bonds. The summed E-state index contributed by atoms with van der Waals surface area (Å²) < 4.78 is 12.9. The topological polar surface area (TPSA) is 116 Å². The van der Waals surface area contributed by atoms with E-state index in [4.69, 9.17) is 9.47 Å². The summed E-state index contributed by atoms with van der Waals surface area (Å²) in [6, 6.07) is 11.1. The molecule has 3 heterocycles. The molecule has 0 saturated heterocycles. The van der Waals surface area contributed by atoms with Crippen molar-refractivity contribution in [3.05, 3.63) is 60.7 Å². The Balaban J connectivity index is 1.65. The van der Waals surface area contributed by atoms with Crippen LogP contribution in [0, 0.1) is 0 Å². The third-order valence-corrected chi connectivity index (χ3v) is 5.32. The van der Waals surface area contributed by atoms with Crippen LogP contribution in [-0.4, -0.2) is 44.2 Å². The lowest BCUT2D eigenvalue weighted by molar-refractivity contribution is 0.0988. The molecule has 0 fully saturated rings. The van der Waals surface area contributed by atoms with E-state index in [0.29, 0.717) is 58.9 Å². The van der Waals surface area contributed by atoms with Crippen LogP contribution in [0.15, 0.2) is 55.1 Å². The van der Waals surface area contributed by atoms with Gasteiger partial charge in [-0.3, -0.25) is 9.48 Å². The molecule has 4 aromatic rings. The second kappa shape index (κ2) is 11.3. The first-order chi connectivity index (χ1) is 17.5. The van der Waals surface area contributed by atoms with Crippen molar-refractivity contribution in [1.82, 2.24) is 24.7 Å². The number of hydrogen-bond acceptors (Lipinski definition) is 9. The van der Waals surface area contributed by atoms with Gasteiger partial charge in [-0.15, -0.1) is 0 Å². The first-order valence-electron chi connectivity index (χ1n) is 11.7. The number of methoxy groups -OCH3 is 1. The molecule has 0 spiro atoms. The van der Waals surface area contributed by atoms with E-state index in [1.165, 1.54) is 0 Å². The maximum absolute atomic E-state index is 12.7. The van der Waals surface area contributed by atoms with Gasteiger partial charge in [-0.2, -0.15) is 5.10 Å². The summed E-state index contributed by atoms with van der Waals surface area (Å²) in [7, 11) is 3.39. The molecule has 0 aliphatic carbocycles. The van der Waals surface area contributed by atoms with Gasteiger partial charge in [-0.05, 0) is 30.7 Å². The van der Waals surface area contributed by atoms with E-state index < -0.39 is 0 Å². The fraction of sp³-hybridized carbons (Fsp3) is 0.269. The highest BCUT2D eigenvalue weighted by atomic mass is 16.5. The summed E-state index contributed by atoms with van der Waals surface area (Å²) in [6.07, 6.45) is 6.12. The number of carbonyl (C=O) groups is 1.